The molecule has 4 unspecified atom stereocenters. The fraction of sp³-hybridized carbons (Fsp3) is 0.848. The number of hydrogen-bond acceptors (Lipinski definition) is 5. The van der Waals surface area contributed by atoms with Crippen LogP contribution in [0.15, 0.2) is 36.5 Å². The standard InChI is InChI=1S/C46H87NO5/c1-3-5-7-9-11-13-15-16-17-18-19-20-21-22-23-24-25-26-27-28-30-31-33-35-37-39-43(49)45(51)42(41-48)47-46(52)44(50)40-38-36-34-32-29-14-12-10-8-6-4-2/h22-23,26-27,31,33,42-45,48-51H,3-21,24-25,28-30,32,34-41H2,1-2H3,(H,47,52)/b23-22+,27-26+,33-31+. The van der Waals surface area contributed by atoms with Crippen molar-refractivity contribution in [1.82, 2.24) is 5.32 Å². The monoisotopic (exact) mass is 734 g/mol. The maximum Gasteiger partial charge on any atom is 0.249 e. The van der Waals surface area contributed by atoms with E-state index in [4.69, 9.17) is 0 Å². The van der Waals surface area contributed by atoms with Crippen LogP contribution in [0.1, 0.15) is 219 Å². The van der Waals surface area contributed by atoms with Crippen molar-refractivity contribution < 1.29 is 25.2 Å². The zero-order valence-electron chi connectivity index (χ0n) is 34.3. The number of amides is 1. The minimum atomic E-state index is -1.29. The van der Waals surface area contributed by atoms with Crippen LogP contribution in [0.4, 0.5) is 0 Å². The number of nitrogens with one attached hydrogen (secondary N) is 1. The van der Waals surface area contributed by atoms with E-state index < -0.39 is 36.9 Å². The third kappa shape index (κ3) is 34.3. The molecule has 0 radical (unpaired) electrons. The molecule has 1 amide bonds. The van der Waals surface area contributed by atoms with Crippen molar-refractivity contribution in [1.29, 1.82) is 0 Å². The molecule has 0 saturated carbocycles. The van der Waals surface area contributed by atoms with Gasteiger partial charge in [0, 0.05) is 0 Å². The van der Waals surface area contributed by atoms with Gasteiger partial charge in [0.1, 0.15) is 12.2 Å². The molecule has 4 atom stereocenters. The fourth-order valence-electron chi connectivity index (χ4n) is 6.73. The molecule has 0 rings (SSSR count). The van der Waals surface area contributed by atoms with E-state index in [1.165, 1.54) is 135 Å². The maximum atomic E-state index is 12.4. The van der Waals surface area contributed by atoms with Gasteiger partial charge in [0.2, 0.25) is 5.91 Å². The summed E-state index contributed by atoms with van der Waals surface area (Å²) in [5, 5.41) is 43.5. The number of aliphatic hydroxyl groups excluding tert-OH is 4. The second-order valence-electron chi connectivity index (χ2n) is 15.4. The molecule has 5 N–H and O–H groups in total. The average molecular weight is 734 g/mol. The zero-order chi connectivity index (χ0) is 38.2. The van der Waals surface area contributed by atoms with Crippen LogP contribution in [-0.2, 0) is 4.79 Å². The van der Waals surface area contributed by atoms with Crippen molar-refractivity contribution in [2.75, 3.05) is 6.61 Å². The first-order chi connectivity index (χ1) is 25.5. The average Bonchev–Trinajstić information content (AvgIpc) is 3.15. The van der Waals surface area contributed by atoms with Crippen molar-refractivity contribution in [3.63, 3.8) is 0 Å². The molecule has 0 aromatic heterocycles. The molecule has 0 aliphatic carbocycles. The molecule has 0 aliphatic rings. The van der Waals surface area contributed by atoms with E-state index in [1.54, 1.807) is 0 Å². The van der Waals surface area contributed by atoms with E-state index in [1.807, 2.05) is 0 Å². The lowest BCUT2D eigenvalue weighted by Crippen LogP contribution is -2.53. The zero-order valence-corrected chi connectivity index (χ0v) is 34.3. The maximum absolute atomic E-state index is 12.4. The van der Waals surface area contributed by atoms with E-state index >= 15 is 0 Å². The topological polar surface area (TPSA) is 110 Å². The van der Waals surface area contributed by atoms with Gasteiger partial charge in [-0.15, -0.1) is 0 Å². The summed E-state index contributed by atoms with van der Waals surface area (Å²) in [5.41, 5.74) is 0. The number of aliphatic hydroxyl groups is 4. The lowest BCUT2D eigenvalue weighted by molar-refractivity contribution is -0.132. The minimum Gasteiger partial charge on any atom is -0.394 e. The smallest absolute Gasteiger partial charge is 0.249 e. The predicted octanol–water partition coefficient (Wildman–Crippen LogP) is 11.7. The van der Waals surface area contributed by atoms with Gasteiger partial charge in [-0.2, -0.15) is 0 Å². The summed E-state index contributed by atoms with van der Waals surface area (Å²) in [6, 6.07) is -1.01. The van der Waals surface area contributed by atoms with Crippen molar-refractivity contribution in [2.45, 2.75) is 244 Å². The van der Waals surface area contributed by atoms with Crippen molar-refractivity contribution in [3.05, 3.63) is 36.5 Å². The highest BCUT2D eigenvalue weighted by Crippen LogP contribution is 2.15. The molecule has 0 aliphatic heterocycles. The molecule has 0 aromatic carbocycles. The number of hydrogen-bond donors (Lipinski definition) is 5. The van der Waals surface area contributed by atoms with Gasteiger partial charge in [-0.25, -0.2) is 0 Å². The molecule has 0 heterocycles. The minimum absolute atomic E-state index is 0.360. The Hall–Kier alpha value is -1.47. The van der Waals surface area contributed by atoms with E-state index in [-0.39, 0.29) is 0 Å². The Morgan fingerprint density at radius 1 is 0.462 bits per heavy atom. The Kier molecular flexibility index (Phi) is 39.6. The largest absolute Gasteiger partial charge is 0.394 e. The second-order valence-corrected chi connectivity index (χ2v) is 15.4. The second kappa shape index (κ2) is 40.7. The lowest BCUT2D eigenvalue weighted by Gasteiger charge is -2.27. The first-order valence-electron chi connectivity index (χ1n) is 22.4. The third-order valence-electron chi connectivity index (χ3n) is 10.3. The molecular formula is C46H87NO5. The fourth-order valence-corrected chi connectivity index (χ4v) is 6.73. The van der Waals surface area contributed by atoms with Crippen LogP contribution in [0.5, 0.6) is 0 Å². The number of unbranched alkanes of at least 4 members (excludes halogenated alkanes) is 25. The van der Waals surface area contributed by atoms with Crippen molar-refractivity contribution in [2.24, 2.45) is 0 Å². The SMILES string of the molecule is CCCCCCCCCCCCCC/C=C/CC/C=C/CC/C=C/CCCC(O)C(O)C(CO)NC(=O)C(O)CCCCCCCCCCCCC. The molecule has 6 heteroatoms. The Bertz CT molecular complexity index is 828. The van der Waals surface area contributed by atoms with Crippen molar-refractivity contribution in [3.8, 4) is 0 Å². The number of carbonyl (C=O) groups excluding carboxylic acids is 1. The summed E-state index contributed by atoms with van der Waals surface area (Å²) in [5.74, 6) is -0.601. The van der Waals surface area contributed by atoms with Crippen molar-refractivity contribution >= 4 is 5.91 Å². The van der Waals surface area contributed by atoms with E-state index in [0.29, 0.717) is 19.3 Å². The summed E-state index contributed by atoms with van der Waals surface area (Å²) >= 11 is 0. The Labute approximate surface area is 322 Å². The highest BCUT2D eigenvalue weighted by molar-refractivity contribution is 5.80. The molecule has 0 aromatic rings. The Morgan fingerprint density at radius 3 is 1.21 bits per heavy atom. The van der Waals surface area contributed by atoms with Crippen LogP contribution < -0.4 is 5.32 Å². The van der Waals surface area contributed by atoms with Gasteiger partial charge in [0.15, 0.2) is 0 Å². The van der Waals surface area contributed by atoms with E-state index in [2.05, 4.69) is 55.6 Å². The van der Waals surface area contributed by atoms with Gasteiger partial charge in [0.05, 0.1) is 18.8 Å². The predicted molar refractivity (Wildman–Crippen MR) is 224 cm³/mol. The number of allylic oxidation sites excluding steroid dienone is 6. The lowest BCUT2D eigenvalue weighted by atomic mass is 10.00. The first-order valence-corrected chi connectivity index (χ1v) is 22.4. The molecule has 6 nitrogen and oxygen atoms in total. The van der Waals surface area contributed by atoms with Gasteiger partial charge in [-0.1, -0.05) is 192 Å². The van der Waals surface area contributed by atoms with Gasteiger partial charge < -0.3 is 25.7 Å². The normalized spacial score (nSPS) is 14.5. The summed E-state index contributed by atoms with van der Waals surface area (Å²) in [4.78, 5) is 12.4. The van der Waals surface area contributed by atoms with Gasteiger partial charge >= 0.3 is 0 Å². The van der Waals surface area contributed by atoms with E-state index in [9.17, 15) is 25.2 Å². The number of rotatable bonds is 40. The van der Waals surface area contributed by atoms with Gasteiger partial charge in [-0.3, -0.25) is 4.79 Å². The summed E-state index contributed by atoms with van der Waals surface area (Å²) < 4.78 is 0. The number of carbonyl (C=O) groups is 1. The van der Waals surface area contributed by atoms with Gasteiger partial charge in [0.25, 0.3) is 0 Å². The van der Waals surface area contributed by atoms with Crippen LogP contribution in [0.3, 0.4) is 0 Å². The Morgan fingerprint density at radius 2 is 0.808 bits per heavy atom. The Balaban J connectivity index is 3.78. The summed E-state index contributed by atoms with van der Waals surface area (Å²) in [6.45, 7) is 4.02. The van der Waals surface area contributed by atoms with Crippen LogP contribution in [0.25, 0.3) is 0 Å². The molecule has 0 bridgehead atoms. The van der Waals surface area contributed by atoms with Crippen LogP contribution >= 0.6 is 0 Å². The molecule has 306 valence electrons. The molecule has 0 spiro atoms. The molecular weight excluding hydrogens is 647 g/mol. The first kappa shape index (κ1) is 50.5. The highest BCUT2D eigenvalue weighted by atomic mass is 16.3. The molecule has 0 saturated heterocycles. The van der Waals surface area contributed by atoms with Gasteiger partial charge in [-0.05, 0) is 64.2 Å². The summed E-state index contributed by atoms with van der Waals surface area (Å²) in [6.07, 6.45) is 47.6. The molecule has 0 fully saturated rings. The third-order valence-corrected chi connectivity index (χ3v) is 10.3. The highest BCUT2D eigenvalue weighted by Gasteiger charge is 2.28. The van der Waals surface area contributed by atoms with Crippen LogP contribution in [0.2, 0.25) is 0 Å². The summed E-state index contributed by atoms with van der Waals surface area (Å²) in [7, 11) is 0. The van der Waals surface area contributed by atoms with Crippen LogP contribution in [-0.4, -0.2) is 57.3 Å². The molecule has 52 heavy (non-hydrogen) atoms. The van der Waals surface area contributed by atoms with E-state index in [0.717, 1.165) is 51.4 Å². The quantitative estimate of drug-likeness (QED) is 0.0318. The van der Waals surface area contributed by atoms with Crippen LogP contribution in [0, 0.1) is 0 Å².